The normalized spacial score (nSPS) is 22.8. The summed E-state index contributed by atoms with van der Waals surface area (Å²) in [6.45, 7) is 5.51. The fraction of sp³-hybridized carbons (Fsp3) is 0.333. The van der Waals surface area contributed by atoms with Gasteiger partial charge in [0.15, 0.2) is 0 Å². The number of aromatic hydroxyl groups is 1. The van der Waals surface area contributed by atoms with Gasteiger partial charge in [0.1, 0.15) is 5.75 Å². The number of fused-ring (bicyclic) bond motifs is 4. The Morgan fingerprint density at radius 2 is 1.91 bits per heavy atom. The molecule has 1 aliphatic carbocycles. The van der Waals surface area contributed by atoms with Crippen LogP contribution in [-0.4, -0.2) is 34.6 Å². The SMILES string of the molecule is Cc1ccc2[nH]c3c(c2c1)CC1CN(CCc2ccccc2)CCC1(c1cccc(O)c1)C3. The van der Waals surface area contributed by atoms with Gasteiger partial charge < -0.3 is 15.0 Å². The van der Waals surface area contributed by atoms with Gasteiger partial charge in [-0.3, -0.25) is 0 Å². The van der Waals surface area contributed by atoms with Crippen LogP contribution in [0.5, 0.6) is 5.75 Å². The standard InChI is InChI=1S/C30H32N2O/c1-21-10-11-28-26(16-21)27-18-24-20-32(14-12-22-6-3-2-4-7-22)15-13-30(24,19-29(27)31-28)23-8-5-9-25(33)17-23/h2-11,16-17,24,31,33H,12-15,18-20H2,1H3. The lowest BCUT2D eigenvalue weighted by Crippen LogP contribution is -2.54. The van der Waals surface area contributed by atoms with Gasteiger partial charge in [-0.25, -0.2) is 0 Å². The van der Waals surface area contributed by atoms with E-state index in [0.29, 0.717) is 11.7 Å². The molecule has 0 radical (unpaired) electrons. The molecule has 4 aromatic rings. The first-order chi connectivity index (χ1) is 16.1. The quantitative estimate of drug-likeness (QED) is 0.425. The average Bonchev–Trinajstić information content (AvgIpc) is 3.18. The first-order valence-corrected chi connectivity index (χ1v) is 12.3. The number of piperidine rings is 1. The molecule has 0 spiro atoms. The summed E-state index contributed by atoms with van der Waals surface area (Å²) >= 11 is 0. The number of aryl methyl sites for hydroxylation is 1. The molecule has 3 aromatic carbocycles. The number of hydrogen-bond acceptors (Lipinski definition) is 2. The minimum absolute atomic E-state index is 0.0743. The van der Waals surface area contributed by atoms with Gasteiger partial charge in [0.05, 0.1) is 0 Å². The summed E-state index contributed by atoms with van der Waals surface area (Å²) in [5, 5.41) is 11.7. The molecule has 0 saturated carbocycles. The number of phenols is 1. The molecule has 3 nitrogen and oxygen atoms in total. The van der Waals surface area contributed by atoms with Crippen LogP contribution in [0.1, 0.15) is 34.4 Å². The molecule has 2 heterocycles. The van der Waals surface area contributed by atoms with Crippen LogP contribution < -0.4 is 0 Å². The van der Waals surface area contributed by atoms with Gasteiger partial charge in [-0.15, -0.1) is 0 Å². The van der Waals surface area contributed by atoms with Crippen molar-refractivity contribution in [1.29, 1.82) is 0 Å². The molecular formula is C30H32N2O. The van der Waals surface area contributed by atoms with Crippen molar-refractivity contribution in [3.8, 4) is 5.75 Å². The molecule has 1 saturated heterocycles. The number of aromatic amines is 1. The van der Waals surface area contributed by atoms with Crippen LogP contribution in [0, 0.1) is 12.8 Å². The lowest BCUT2D eigenvalue weighted by Gasteiger charge is -2.51. The first-order valence-electron chi connectivity index (χ1n) is 12.3. The van der Waals surface area contributed by atoms with Gasteiger partial charge in [0.25, 0.3) is 0 Å². The third-order valence-corrected chi connectivity index (χ3v) is 8.21. The lowest BCUT2D eigenvalue weighted by molar-refractivity contribution is 0.0822. The third kappa shape index (κ3) is 3.65. The monoisotopic (exact) mass is 436 g/mol. The Morgan fingerprint density at radius 1 is 1.03 bits per heavy atom. The second kappa shape index (κ2) is 8.07. The van der Waals surface area contributed by atoms with Crippen molar-refractivity contribution in [3.05, 3.63) is 101 Å². The third-order valence-electron chi connectivity index (χ3n) is 8.21. The van der Waals surface area contributed by atoms with Crippen LogP contribution in [0.15, 0.2) is 72.8 Å². The predicted octanol–water partition coefficient (Wildman–Crippen LogP) is 5.78. The lowest BCUT2D eigenvalue weighted by atomic mass is 9.58. The molecule has 1 aliphatic heterocycles. The highest BCUT2D eigenvalue weighted by atomic mass is 16.3. The highest BCUT2D eigenvalue weighted by Gasteiger charge is 2.48. The predicted molar refractivity (Wildman–Crippen MR) is 135 cm³/mol. The Bertz CT molecular complexity index is 1290. The Kier molecular flexibility index (Phi) is 5.03. The molecule has 3 heteroatoms. The van der Waals surface area contributed by atoms with Gasteiger partial charge in [0, 0.05) is 35.1 Å². The van der Waals surface area contributed by atoms with Gasteiger partial charge in [-0.05, 0) is 86.0 Å². The molecule has 168 valence electrons. The van der Waals surface area contributed by atoms with E-state index in [9.17, 15) is 5.11 Å². The molecule has 2 aliphatic rings. The summed E-state index contributed by atoms with van der Waals surface area (Å²) in [7, 11) is 0. The van der Waals surface area contributed by atoms with Crippen LogP contribution in [0.2, 0.25) is 0 Å². The number of likely N-dealkylation sites (tertiary alicyclic amines) is 1. The van der Waals surface area contributed by atoms with Crippen molar-refractivity contribution < 1.29 is 5.11 Å². The van der Waals surface area contributed by atoms with Crippen molar-refractivity contribution in [3.63, 3.8) is 0 Å². The van der Waals surface area contributed by atoms with E-state index in [1.165, 1.54) is 38.9 Å². The van der Waals surface area contributed by atoms with Gasteiger partial charge in [-0.2, -0.15) is 0 Å². The number of rotatable bonds is 4. The maximum atomic E-state index is 10.3. The largest absolute Gasteiger partial charge is 0.508 e. The van der Waals surface area contributed by atoms with Crippen LogP contribution in [0.3, 0.4) is 0 Å². The zero-order chi connectivity index (χ0) is 22.4. The van der Waals surface area contributed by atoms with E-state index >= 15 is 0 Å². The molecule has 0 bridgehead atoms. The van der Waals surface area contributed by atoms with Crippen LogP contribution in [-0.2, 0) is 24.7 Å². The summed E-state index contributed by atoms with van der Waals surface area (Å²) < 4.78 is 0. The molecule has 6 rings (SSSR count). The molecule has 1 aromatic heterocycles. The number of H-pyrrole nitrogens is 1. The maximum absolute atomic E-state index is 10.3. The second-order valence-electron chi connectivity index (χ2n) is 10.2. The van der Waals surface area contributed by atoms with Crippen LogP contribution in [0.25, 0.3) is 10.9 Å². The molecule has 0 amide bonds. The molecule has 2 unspecified atom stereocenters. The van der Waals surface area contributed by atoms with E-state index in [2.05, 4.69) is 71.4 Å². The number of hydrogen-bond donors (Lipinski definition) is 2. The summed E-state index contributed by atoms with van der Waals surface area (Å²) in [5.41, 5.74) is 8.28. The number of nitrogens with one attached hydrogen (secondary N) is 1. The molecular weight excluding hydrogens is 404 g/mol. The Hall–Kier alpha value is -3.04. The summed E-state index contributed by atoms with van der Waals surface area (Å²) in [6.07, 6.45) is 4.35. The number of nitrogens with zero attached hydrogens (tertiary/aromatic N) is 1. The van der Waals surface area contributed by atoms with Gasteiger partial charge in [0.2, 0.25) is 0 Å². The van der Waals surface area contributed by atoms with Crippen molar-refractivity contribution in [2.75, 3.05) is 19.6 Å². The Labute approximate surface area is 196 Å². The van der Waals surface area contributed by atoms with Gasteiger partial charge >= 0.3 is 0 Å². The molecule has 33 heavy (non-hydrogen) atoms. The number of phenolic OH excluding ortho intramolecular Hbond substituents is 1. The molecule has 2 N–H and O–H groups in total. The molecule has 2 atom stereocenters. The van der Waals surface area contributed by atoms with E-state index in [-0.39, 0.29) is 5.41 Å². The van der Waals surface area contributed by atoms with Crippen molar-refractivity contribution in [2.45, 2.75) is 38.0 Å². The fourth-order valence-electron chi connectivity index (χ4n) is 6.43. The van der Waals surface area contributed by atoms with Crippen molar-refractivity contribution >= 4 is 10.9 Å². The first kappa shape index (κ1) is 20.6. The minimum Gasteiger partial charge on any atom is -0.508 e. The number of benzene rings is 3. The highest BCUT2D eigenvalue weighted by molar-refractivity contribution is 5.86. The van der Waals surface area contributed by atoms with Gasteiger partial charge in [-0.1, -0.05) is 54.1 Å². The summed E-state index contributed by atoms with van der Waals surface area (Å²) in [6, 6.07) is 25.7. The smallest absolute Gasteiger partial charge is 0.115 e. The Morgan fingerprint density at radius 3 is 2.76 bits per heavy atom. The summed E-state index contributed by atoms with van der Waals surface area (Å²) in [4.78, 5) is 6.44. The zero-order valence-corrected chi connectivity index (χ0v) is 19.3. The van der Waals surface area contributed by atoms with E-state index in [0.717, 1.165) is 45.3 Å². The Balaban J connectivity index is 1.35. The van der Waals surface area contributed by atoms with Crippen LogP contribution in [0.4, 0.5) is 0 Å². The van der Waals surface area contributed by atoms with E-state index in [1.54, 1.807) is 6.07 Å². The van der Waals surface area contributed by atoms with Crippen molar-refractivity contribution in [2.24, 2.45) is 5.92 Å². The fourth-order valence-corrected chi connectivity index (χ4v) is 6.43. The summed E-state index contributed by atoms with van der Waals surface area (Å²) in [5.74, 6) is 0.918. The van der Waals surface area contributed by atoms with Crippen LogP contribution >= 0.6 is 0 Å². The van der Waals surface area contributed by atoms with E-state index in [1.807, 2.05) is 12.1 Å². The zero-order valence-electron chi connectivity index (χ0n) is 19.3. The van der Waals surface area contributed by atoms with Crippen molar-refractivity contribution in [1.82, 2.24) is 9.88 Å². The second-order valence-corrected chi connectivity index (χ2v) is 10.2. The average molecular weight is 437 g/mol. The van der Waals surface area contributed by atoms with E-state index in [4.69, 9.17) is 0 Å². The highest BCUT2D eigenvalue weighted by Crippen LogP contribution is 2.49. The van der Waals surface area contributed by atoms with E-state index < -0.39 is 0 Å². The minimum atomic E-state index is 0.0743. The maximum Gasteiger partial charge on any atom is 0.115 e. The number of aromatic nitrogens is 1. The topological polar surface area (TPSA) is 39.3 Å². The molecule has 1 fully saturated rings.